The first-order chi connectivity index (χ1) is 10.7. The maximum absolute atomic E-state index is 13.0. The predicted molar refractivity (Wildman–Crippen MR) is 70.3 cm³/mol. The van der Waals surface area contributed by atoms with Gasteiger partial charge in [-0.1, -0.05) is 12.1 Å². The van der Waals surface area contributed by atoms with Crippen LogP contribution in [0.2, 0.25) is 0 Å². The lowest BCUT2D eigenvalue weighted by molar-refractivity contribution is -0.148. The molecule has 1 heterocycles. The number of rotatable bonds is 5. The topological polar surface area (TPSA) is 84.2 Å². The van der Waals surface area contributed by atoms with Gasteiger partial charge in [-0.05, 0) is 12.1 Å². The number of halogens is 4. The average Bonchev–Trinajstić information content (AvgIpc) is 2.83. The van der Waals surface area contributed by atoms with E-state index in [1.807, 2.05) is 5.32 Å². The van der Waals surface area contributed by atoms with E-state index in [1.54, 1.807) is 0 Å². The first kappa shape index (κ1) is 16.7. The summed E-state index contributed by atoms with van der Waals surface area (Å²) in [5.74, 6) is -3.97. The van der Waals surface area contributed by atoms with Crippen LogP contribution in [0, 0.1) is 0 Å². The molecule has 0 saturated heterocycles. The number of fused-ring (bicyclic) bond motifs is 1. The number of carboxylic acids is 1. The number of hydrogen-bond donors (Lipinski definition) is 2. The number of nitrogens with zero attached hydrogens (tertiary/aromatic N) is 2. The minimum atomic E-state index is -4.80. The van der Waals surface area contributed by atoms with Crippen LogP contribution in [-0.4, -0.2) is 39.3 Å². The summed E-state index contributed by atoms with van der Waals surface area (Å²) in [6.45, 7) is -2.21. The summed E-state index contributed by atoms with van der Waals surface area (Å²) in [5.41, 5.74) is 0.0926. The molecule has 1 aromatic carbocycles. The molecule has 0 aliphatic heterocycles. The van der Waals surface area contributed by atoms with Gasteiger partial charge >= 0.3 is 12.1 Å². The molecular weight excluding hydrogens is 322 g/mol. The second-order valence-electron chi connectivity index (χ2n) is 4.62. The summed E-state index contributed by atoms with van der Waals surface area (Å²) in [5, 5.41) is 10.5. The first-order valence-electron chi connectivity index (χ1n) is 6.34. The Morgan fingerprint density at radius 2 is 1.96 bits per heavy atom. The van der Waals surface area contributed by atoms with Crippen molar-refractivity contribution in [3.8, 4) is 0 Å². The molecule has 1 atom stereocenters. The van der Waals surface area contributed by atoms with E-state index in [0.29, 0.717) is 4.57 Å². The van der Waals surface area contributed by atoms with Crippen LogP contribution in [0.1, 0.15) is 5.82 Å². The number of benzene rings is 1. The molecule has 23 heavy (non-hydrogen) atoms. The van der Waals surface area contributed by atoms with Crippen LogP contribution in [0.5, 0.6) is 0 Å². The molecule has 1 unspecified atom stereocenters. The number of carbonyl (C=O) groups is 2. The van der Waals surface area contributed by atoms with Gasteiger partial charge in [-0.3, -0.25) is 4.79 Å². The van der Waals surface area contributed by atoms with E-state index in [1.165, 1.54) is 24.3 Å². The van der Waals surface area contributed by atoms with E-state index in [2.05, 4.69) is 4.98 Å². The Morgan fingerprint density at radius 1 is 1.30 bits per heavy atom. The molecule has 0 aliphatic carbocycles. The monoisotopic (exact) mass is 333 g/mol. The lowest BCUT2D eigenvalue weighted by Crippen LogP contribution is -2.44. The average molecular weight is 333 g/mol. The highest BCUT2D eigenvalue weighted by Gasteiger charge is 2.38. The van der Waals surface area contributed by atoms with Gasteiger partial charge in [0, 0.05) is 0 Å². The van der Waals surface area contributed by atoms with Crippen LogP contribution in [0.25, 0.3) is 11.0 Å². The number of aromatic nitrogens is 2. The molecule has 0 saturated carbocycles. The normalized spacial score (nSPS) is 13.0. The number of alkyl halides is 4. The van der Waals surface area contributed by atoms with Crippen molar-refractivity contribution >= 4 is 22.9 Å². The van der Waals surface area contributed by atoms with Gasteiger partial charge in [0.05, 0.1) is 11.0 Å². The number of carboxylic acid groups (broad SMARTS) is 1. The van der Waals surface area contributed by atoms with Crippen LogP contribution in [0.4, 0.5) is 17.6 Å². The van der Waals surface area contributed by atoms with E-state index in [4.69, 9.17) is 5.11 Å². The fourth-order valence-electron chi connectivity index (χ4n) is 2.00. The van der Waals surface area contributed by atoms with Crippen LogP contribution in [0.15, 0.2) is 24.3 Å². The van der Waals surface area contributed by atoms with E-state index in [9.17, 15) is 27.2 Å². The van der Waals surface area contributed by atoms with Crippen LogP contribution in [-0.2, 0) is 22.3 Å². The molecular formula is C13H11F4N3O3. The Labute approximate surface area is 126 Å². The van der Waals surface area contributed by atoms with Gasteiger partial charge < -0.3 is 15.0 Å². The standard InChI is InChI=1S/C13H11F4N3O3/c14-5-8(11(22)23)18-10(21)6-20-9-4-2-1-3-7(9)19-12(20)13(15,16)17/h1-4,8H,5-6H2,(H,18,21)(H,22,23). The van der Waals surface area contributed by atoms with E-state index < -0.39 is 43.1 Å². The number of hydrogen-bond acceptors (Lipinski definition) is 3. The van der Waals surface area contributed by atoms with Crippen LogP contribution >= 0.6 is 0 Å². The summed E-state index contributed by atoms with van der Waals surface area (Å²) in [4.78, 5) is 25.8. The van der Waals surface area contributed by atoms with Crippen molar-refractivity contribution in [1.82, 2.24) is 14.9 Å². The third kappa shape index (κ3) is 3.58. The molecule has 0 bridgehead atoms. The van der Waals surface area contributed by atoms with Gasteiger partial charge in [-0.2, -0.15) is 13.2 Å². The molecule has 0 fully saturated rings. The third-order valence-corrected chi connectivity index (χ3v) is 3.00. The number of imidazole rings is 1. The van der Waals surface area contributed by atoms with Crippen molar-refractivity contribution in [3.63, 3.8) is 0 Å². The zero-order valence-corrected chi connectivity index (χ0v) is 11.5. The lowest BCUT2D eigenvalue weighted by Gasteiger charge is -2.14. The smallest absolute Gasteiger partial charge is 0.449 e. The molecule has 6 nitrogen and oxygen atoms in total. The molecule has 1 aromatic heterocycles. The van der Waals surface area contributed by atoms with Crippen molar-refractivity contribution in [2.24, 2.45) is 0 Å². The van der Waals surface area contributed by atoms with E-state index in [0.717, 1.165) is 0 Å². The maximum Gasteiger partial charge on any atom is 0.449 e. The summed E-state index contributed by atoms with van der Waals surface area (Å²) < 4.78 is 52.2. The highest BCUT2D eigenvalue weighted by Crippen LogP contribution is 2.31. The van der Waals surface area contributed by atoms with E-state index >= 15 is 0 Å². The van der Waals surface area contributed by atoms with Crippen LogP contribution in [0.3, 0.4) is 0 Å². The third-order valence-electron chi connectivity index (χ3n) is 3.00. The second-order valence-corrected chi connectivity index (χ2v) is 4.62. The van der Waals surface area contributed by atoms with Crippen molar-refractivity contribution in [1.29, 1.82) is 0 Å². The lowest BCUT2D eigenvalue weighted by atomic mass is 10.3. The summed E-state index contributed by atoms with van der Waals surface area (Å²) >= 11 is 0. The zero-order chi connectivity index (χ0) is 17.2. The number of carbonyl (C=O) groups excluding carboxylic acids is 1. The number of amides is 1. The van der Waals surface area contributed by atoms with Crippen molar-refractivity contribution in [3.05, 3.63) is 30.1 Å². The fourth-order valence-corrected chi connectivity index (χ4v) is 2.00. The van der Waals surface area contributed by atoms with Crippen LogP contribution < -0.4 is 5.32 Å². The Bertz CT molecular complexity index is 742. The molecule has 2 aromatic rings. The number of para-hydroxylation sites is 2. The summed E-state index contributed by atoms with van der Waals surface area (Å²) in [6, 6.07) is 3.84. The van der Waals surface area contributed by atoms with Gasteiger partial charge in [-0.15, -0.1) is 0 Å². The Morgan fingerprint density at radius 3 is 2.52 bits per heavy atom. The number of aliphatic carboxylic acids is 1. The maximum atomic E-state index is 13.0. The largest absolute Gasteiger partial charge is 0.480 e. The number of nitrogens with one attached hydrogen (secondary N) is 1. The van der Waals surface area contributed by atoms with Crippen molar-refractivity contribution < 1.29 is 32.3 Å². The minimum Gasteiger partial charge on any atom is -0.480 e. The fraction of sp³-hybridized carbons (Fsp3) is 0.308. The molecule has 0 radical (unpaired) electrons. The highest BCUT2D eigenvalue weighted by molar-refractivity contribution is 5.85. The summed E-state index contributed by atoms with van der Waals surface area (Å²) in [7, 11) is 0. The molecule has 1 amide bonds. The highest BCUT2D eigenvalue weighted by atomic mass is 19.4. The molecule has 2 rings (SSSR count). The van der Waals surface area contributed by atoms with Gasteiger partial charge in [-0.25, -0.2) is 14.2 Å². The zero-order valence-electron chi connectivity index (χ0n) is 11.5. The molecule has 2 N–H and O–H groups in total. The quantitative estimate of drug-likeness (QED) is 0.814. The molecule has 0 aliphatic rings. The minimum absolute atomic E-state index is 0.0351. The van der Waals surface area contributed by atoms with Crippen molar-refractivity contribution in [2.45, 2.75) is 18.8 Å². The molecule has 0 spiro atoms. The van der Waals surface area contributed by atoms with Crippen molar-refractivity contribution in [2.75, 3.05) is 6.67 Å². The Hall–Kier alpha value is -2.65. The first-order valence-corrected chi connectivity index (χ1v) is 6.34. The predicted octanol–water partition coefficient (Wildman–Crippen LogP) is 1.59. The molecule has 124 valence electrons. The van der Waals surface area contributed by atoms with Gasteiger partial charge in [0.2, 0.25) is 11.7 Å². The van der Waals surface area contributed by atoms with Gasteiger partial charge in [0.1, 0.15) is 13.2 Å². The van der Waals surface area contributed by atoms with Gasteiger partial charge in [0.25, 0.3) is 0 Å². The Kier molecular flexibility index (Phi) is 4.52. The SMILES string of the molecule is O=C(Cn1c(C(F)(F)F)nc2ccccc21)NC(CF)C(=O)O. The second kappa shape index (κ2) is 6.23. The molecule has 10 heteroatoms. The summed E-state index contributed by atoms with van der Waals surface area (Å²) in [6.07, 6.45) is -4.80. The van der Waals surface area contributed by atoms with E-state index in [-0.39, 0.29) is 11.0 Å². The van der Waals surface area contributed by atoms with Gasteiger partial charge in [0.15, 0.2) is 6.04 Å². The Balaban J connectivity index is 2.35.